The van der Waals surface area contributed by atoms with Gasteiger partial charge in [0.05, 0.1) is 56.9 Å². The van der Waals surface area contributed by atoms with Crippen LogP contribution in [0.2, 0.25) is 0 Å². The lowest BCUT2D eigenvalue weighted by Crippen LogP contribution is -2.29. The summed E-state index contributed by atoms with van der Waals surface area (Å²) in [5.74, 6) is 0. The molecule has 0 unspecified atom stereocenters. The minimum atomic E-state index is 0.770. The quantitative estimate of drug-likeness (QED) is 0.151. The monoisotopic (exact) mass is 1130 g/mol. The molecule has 0 saturated heterocycles. The van der Waals surface area contributed by atoms with Gasteiger partial charge in [-0.1, -0.05) is 206 Å². The van der Waals surface area contributed by atoms with Crippen LogP contribution < -0.4 is 19.6 Å². The van der Waals surface area contributed by atoms with Crippen LogP contribution in [0.3, 0.4) is 0 Å². The summed E-state index contributed by atoms with van der Waals surface area (Å²) < 4.78 is 13.9. The van der Waals surface area contributed by atoms with Crippen LogP contribution in [0.4, 0.5) is 68.2 Å². The second kappa shape index (κ2) is 19.1. The maximum atomic E-state index is 6.95. The van der Waals surface area contributed by atoms with Gasteiger partial charge in [-0.3, -0.25) is 0 Å². The van der Waals surface area contributed by atoms with Crippen molar-refractivity contribution in [2.45, 2.75) is 25.7 Å². The van der Waals surface area contributed by atoms with E-state index in [-0.39, 0.29) is 0 Å². The fraction of sp³-hybridized carbons (Fsp3) is 0.0488. The number of para-hydroxylation sites is 8. The van der Waals surface area contributed by atoms with Gasteiger partial charge in [0.25, 0.3) is 0 Å². The molecule has 88 heavy (non-hydrogen) atoms. The molecule has 0 saturated carbocycles. The van der Waals surface area contributed by atoms with Crippen LogP contribution in [0.1, 0.15) is 44.5 Å². The molecule has 4 aliphatic rings. The van der Waals surface area contributed by atoms with E-state index in [0.717, 1.165) is 126 Å². The highest BCUT2D eigenvalue weighted by atomic mass is 16.3. The molecule has 4 aliphatic heterocycles. The number of nitrogens with zero attached hydrogens (tertiary/aromatic N) is 4. The number of furan rings is 2. The van der Waals surface area contributed by atoms with Crippen molar-refractivity contribution in [2.75, 3.05) is 19.6 Å². The Morgan fingerprint density at radius 1 is 0.261 bits per heavy atom. The summed E-state index contributed by atoms with van der Waals surface area (Å²) in [5, 5.41) is 4.41. The summed E-state index contributed by atoms with van der Waals surface area (Å²) in [7, 11) is 0. The van der Waals surface area contributed by atoms with Crippen molar-refractivity contribution in [2.24, 2.45) is 0 Å². The third-order valence-electron chi connectivity index (χ3n) is 19.0. The molecule has 6 heterocycles. The molecule has 0 radical (unpaired) electrons. The Labute approximate surface area is 509 Å². The third kappa shape index (κ3) is 7.23. The topological polar surface area (TPSA) is 39.2 Å². The zero-order valence-electron chi connectivity index (χ0n) is 48.0. The fourth-order valence-corrected chi connectivity index (χ4v) is 15.3. The summed E-state index contributed by atoms with van der Waals surface area (Å²) >= 11 is 0. The van der Waals surface area contributed by atoms with Crippen molar-refractivity contribution in [1.29, 1.82) is 0 Å². The molecule has 0 amide bonds. The van der Waals surface area contributed by atoms with E-state index in [1.165, 1.54) is 78.6 Å². The Morgan fingerprint density at radius 2 is 0.648 bits per heavy atom. The first-order valence-corrected chi connectivity index (χ1v) is 30.6. The van der Waals surface area contributed by atoms with Crippen LogP contribution in [-0.2, 0) is 25.7 Å². The van der Waals surface area contributed by atoms with Gasteiger partial charge in [0.2, 0.25) is 0 Å². The number of anilines is 12. The van der Waals surface area contributed by atoms with Crippen LogP contribution in [0.15, 0.2) is 288 Å². The summed E-state index contributed by atoms with van der Waals surface area (Å²) in [5.41, 5.74) is 32.4. The van der Waals surface area contributed by atoms with E-state index in [1.54, 1.807) is 0 Å². The maximum Gasteiger partial charge on any atom is 0.159 e. The summed E-state index contributed by atoms with van der Waals surface area (Å²) in [6, 6.07) is 102. The molecule has 0 spiro atoms. The zero-order valence-corrected chi connectivity index (χ0v) is 48.0. The van der Waals surface area contributed by atoms with E-state index in [9.17, 15) is 0 Å². The normalized spacial score (nSPS) is 13.2. The first-order chi connectivity index (χ1) is 43.7. The van der Waals surface area contributed by atoms with Gasteiger partial charge in [-0.25, -0.2) is 0 Å². The molecule has 13 aromatic carbocycles. The maximum absolute atomic E-state index is 6.95. The smallest absolute Gasteiger partial charge is 0.159 e. The number of hydrogen-bond acceptors (Lipinski definition) is 6. The number of benzene rings is 13. The molecule has 414 valence electrons. The Bertz CT molecular complexity index is 5050. The summed E-state index contributed by atoms with van der Waals surface area (Å²) in [6.45, 7) is 0. The molecule has 0 fully saturated rings. The molecule has 0 bridgehead atoms. The lowest BCUT2D eigenvalue weighted by molar-refractivity contribution is 0.668. The fourth-order valence-electron chi connectivity index (χ4n) is 15.3. The molecule has 15 aromatic rings. The van der Waals surface area contributed by atoms with Crippen LogP contribution in [-0.4, -0.2) is 0 Å². The van der Waals surface area contributed by atoms with Gasteiger partial charge < -0.3 is 28.4 Å². The first kappa shape index (κ1) is 49.0. The number of rotatable bonds is 8. The predicted octanol–water partition coefficient (Wildman–Crippen LogP) is 22.3. The average Bonchev–Trinajstić information content (AvgIpc) is 0.969. The van der Waals surface area contributed by atoms with E-state index in [1.807, 2.05) is 0 Å². The number of fused-ring (bicyclic) bond motifs is 14. The Hall–Kier alpha value is -11.3. The van der Waals surface area contributed by atoms with E-state index in [4.69, 9.17) is 8.83 Å². The SMILES string of the molecule is c1ccc(-c2ccccc2N(c2ccc3c4c2Cc2ccccc2N4c2cc4c(cc2C3)N2c3ccccc3Cc3c(N(c5ccccc5-c5ccccc5)c5cccc6c5oc5ccccc56)ccc(c32)C4)c2cccc3c2oc2ccccc23)cc1. The van der Waals surface area contributed by atoms with E-state index >= 15 is 0 Å². The van der Waals surface area contributed by atoms with Crippen molar-refractivity contribution in [3.05, 3.63) is 324 Å². The van der Waals surface area contributed by atoms with Crippen LogP contribution in [0, 0.1) is 0 Å². The predicted molar refractivity (Wildman–Crippen MR) is 362 cm³/mol. The lowest BCUT2D eigenvalue weighted by Gasteiger charge is -2.44. The van der Waals surface area contributed by atoms with Gasteiger partial charge in [0, 0.05) is 80.9 Å². The standard InChI is InChI=1S/C82H54N4O2/c1-3-21-51(22-4-1)59-27-9-15-35-69(59)83(73-37-19-31-63-61-29-11-17-39-77(61)87-81(63)73)71-43-41-55-45-57-50-76-58(49-75(57)85-67-33-13-7-25-53(67)47-65(71)79(55)85)46-56-42-44-72(66-48-54-26-8-14-34-68(54)86(76)80(56)66)84(70-36-16-10-28-60(70)52-23-5-2-6-24-52)74-38-20-32-64-62-30-12-18-40-78(62)88-82(64)74/h1-44,49-50H,45-48H2. The average molecular weight is 1130 g/mol. The Kier molecular flexibility index (Phi) is 10.6. The van der Waals surface area contributed by atoms with Crippen molar-refractivity contribution in [3.8, 4) is 22.3 Å². The molecule has 6 heteroatoms. The van der Waals surface area contributed by atoms with E-state index < -0.39 is 0 Å². The van der Waals surface area contributed by atoms with Gasteiger partial charge in [-0.05, 0) is 117 Å². The Balaban J connectivity index is 0.804. The van der Waals surface area contributed by atoms with Crippen molar-refractivity contribution < 1.29 is 8.83 Å². The van der Waals surface area contributed by atoms with Gasteiger partial charge in [0.1, 0.15) is 11.2 Å². The highest BCUT2D eigenvalue weighted by Gasteiger charge is 2.40. The van der Waals surface area contributed by atoms with E-state index in [0.29, 0.717) is 0 Å². The van der Waals surface area contributed by atoms with Crippen molar-refractivity contribution in [3.63, 3.8) is 0 Å². The van der Waals surface area contributed by atoms with Crippen molar-refractivity contribution in [1.82, 2.24) is 0 Å². The molecule has 0 aliphatic carbocycles. The van der Waals surface area contributed by atoms with Gasteiger partial charge in [-0.2, -0.15) is 0 Å². The summed E-state index contributed by atoms with van der Waals surface area (Å²) in [6.07, 6.45) is 3.10. The second-order valence-corrected chi connectivity index (χ2v) is 23.8. The largest absolute Gasteiger partial charge is 0.454 e. The molecule has 6 nitrogen and oxygen atoms in total. The highest BCUT2D eigenvalue weighted by Crippen LogP contribution is 2.60. The molecular formula is C82H54N4O2. The van der Waals surface area contributed by atoms with Crippen LogP contribution in [0.5, 0.6) is 0 Å². The zero-order chi connectivity index (χ0) is 57.6. The lowest BCUT2D eigenvalue weighted by atomic mass is 9.81. The Morgan fingerprint density at radius 3 is 1.12 bits per heavy atom. The molecule has 0 atom stereocenters. The van der Waals surface area contributed by atoms with Gasteiger partial charge in [0.15, 0.2) is 11.2 Å². The minimum absolute atomic E-state index is 0.770. The van der Waals surface area contributed by atoms with Crippen molar-refractivity contribution >= 4 is 112 Å². The summed E-state index contributed by atoms with van der Waals surface area (Å²) in [4.78, 5) is 10.2. The molecular weight excluding hydrogens is 1070 g/mol. The van der Waals surface area contributed by atoms with Gasteiger partial charge >= 0.3 is 0 Å². The first-order valence-electron chi connectivity index (χ1n) is 30.6. The molecule has 2 aromatic heterocycles. The highest BCUT2D eigenvalue weighted by molar-refractivity contribution is 6.13. The minimum Gasteiger partial charge on any atom is -0.454 e. The van der Waals surface area contributed by atoms with Crippen LogP contribution in [0.25, 0.3) is 66.1 Å². The molecule has 0 N–H and O–H groups in total. The third-order valence-corrected chi connectivity index (χ3v) is 19.0. The van der Waals surface area contributed by atoms with Gasteiger partial charge in [-0.15, -0.1) is 0 Å². The van der Waals surface area contributed by atoms with Crippen LogP contribution >= 0.6 is 0 Å². The second-order valence-electron chi connectivity index (χ2n) is 23.8. The molecule has 19 rings (SSSR count). The number of hydrogen-bond donors (Lipinski definition) is 0. The van der Waals surface area contributed by atoms with E-state index in [2.05, 4.69) is 299 Å².